The summed E-state index contributed by atoms with van der Waals surface area (Å²) in [6.45, 7) is 13.9. The lowest BCUT2D eigenvalue weighted by Gasteiger charge is -2.33. The van der Waals surface area contributed by atoms with Crippen molar-refractivity contribution in [1.29, 1.82) is 0 Å². The van der Waals surface area contributed by atoms with Gasteiger partial charge in [-0.2, -0.15) is 0 Å². The van der Waals surface area contributed by atoms with Crippen LogP contribution in [0.25, 0.3) is 43.8 Å². The van der Waals surface area contributed by atoms with Crippen molar-refractivity contribution in [1.82, 2.24) is 0 Å². The van der Waals surface area contributed by atoms with E-state index < -0.39 is 0 Å². The van der Waals surface area contributed by atoms with Crippen LogP contribution >= 0.6 is 0 Å². The molecule has 0 aromatic heterocycles. The molecular formula is C46H43N. The fourth-order valence-corrected chi connectivity index (χ4v) is 6.74. The van der Waals surface area contributed by atoms with Crippen LogP contribution in [0.3, 0.4) is 0 Å². The van der Waals surface area contributed by atoms with E-state index in [9.17, 15) is 0 Å². The summed E-state index contributed by atoms with van der Waals surface area (Å²) < 4.78 is 0. The monoisotopic (exact) mass is 609 g/mol. The largest absolute Gasteiger partial charge is 0.309 e. The van der Waals surface area contributed by atoms with Gasteiger partial charge in [-0.1, -0.05) is 169 Å². The zero-order valence-electron chi connectivity index (χ0n) is 28.4. The molecule has 0 saturated heterocycles. The zero-order chi connectivity index (χ0) is 32.8. The van der Waals surface area contributed by atoms with Crippen molar-refractivity contribution in [2.75, 3.05) is 4.90 Å². The van der Waals surface area contributed by atoms with E-state index in [0.717, 1.165) is 5.69 Å². The van der Waals surface area contributed by atoms with Crippen LogP contribution in [0.1, 0.15) is 52.7 Å². The molecule has 0 atom stereocenters. The normalized spacial score (nSPS) is 12.0. The van der Waals surface area contributed by atoms with Gasteiger partial charge in [0.1, 0.15) is 0 Å². The Morgan fingerprint density at radius 2 is 0.915 bits per heavy atom. The highest BCUT2D eigenvalue weighted by Gasteiger charge is 2.26. The molecule has 7 aromatic carbocycles. The van der Waals surface area contributed by atoms with E-state index in [-0.39, 0.29) is 10.8 Å². The molecule has 0 aliphatic rings. The third-order valence-corrected chi connectivity index (χ3v) is 9.34. The van der Waals surface area contributed by atoms with Gasteiger partial charge in [0.25, 0.3) is 0 Å². The van der Waals surface area contributed by atoms with Crippen LogP contribution in [0.5, 0.6) is 0 Å². The number of anilines is 3. The van der Waals surface area contributed by atoms with Crippen LogP contribution in [-0.4, -0.2) is 0 Å². The van der Waals surface area contributed by atoms with Crippen molar-refractivity contribution in [3.63, 3.8) is 0 Å². The Morgan fingerprint density at radius 3 is 1.62 bits per heavy atom. The summed E-state index contributed by atoms with van der Waals surface area (Å²) in [5.41, 5.74) is 11.0. The first kappa shape index (κ1) is 30.5. The minimum atomic E-state index is -0.0137. The maximum Gasteiger partial charge on any atom is 0.0540 e. The fourth-order valence-electron chi connectivity index (χ4n) is 6.74. The summed E-state index contributed by atoms with van der Waals surface area (Å²) in [4.78, 5) is 2.51. The number of fused-ring (bicyclic) bond motifs is 2. The maximum absolute atomic E-state index is 2.51. The lowest BCUT2D eigenvalue weighted by molar-refractivity contribution is 0.569. The smallest absolute Gasteiger partial charge is 0.0540 e. The predicted octanol–water partition coefficient (Wildman–Crippen LogP) is 13.4. The van der Waals surface area contributed by atoms with Crippen LogP contribution < -0.4 is 4.90 Å². The highest BCUT2D eigenvalue weighted by molar-refractivity contribution is 6.09. The van der Waals surface area contributed by atoms with E-state index in [2.05, 4.69) is 198 Å². The number of nitrogens with zero attached hydrogens (tertiary/aromatic N) is 1. The van der Waals surface area contributed by atoms with Gasteiger partial charge < -0.3 is 4.90 Å². The molecule has 0 aliphatic heterocycles. The first-order valence-electron chi connectivity index (χ1n) is 16.7. The Kier molecular flexibility index (Phi) is 7.73. The lowest BCUT2D eigenvalue weighted by atomic mass is 9.80. The Morgan fingerprint density at radius 1 is 0.404 bits per heavy atom. The molecule has 0 fully saturated rings. The molecule has 1 heteroatoms. The fraction of sp³-hybridized carbons (Fsp3) is 0.174. The number of benzene rings is 7. The maximum atomic E-state index is 2.51. The average molecular weight is 610 g/mol. The third kappa shape index (κ3) is 5.83. The second-order valence-corrected chi connectivity index (χ2v) is 14.7. The van der Waals surface area contributed by atoms with Crippen LogP contribution in [0.15, 0.2) is 152 Å². The summed E-state index contributed by atoms with van der Waals surface area (Å²) in [6, 6.07) is 55.8. The van der Waals surface area contributed by atoms with Crippen LogP contribution in [-0.2, 0) is 10.8 Å². The Bertz CT molecular complexity index is 2170. The van der Waals surface area contributed by atoms with Gasteiger partial charge in [-0.3, -0.25) is 0 Å². The van der Waals surface area contributed by atoms with E-state index in [0.29, 0.717) is 0 Å². The van der Waals surface area contributed by atoms with E-state index in [4.69, 9.17) is 0 Å². The van der Waals surface area contributed by atoms with E-state index in [1.807, 2.05) is 0 Å². The van der Waals surface area contributed by atoms with Gasteiger partial charge in [-0.25, -0.2) is 0 Å². The number of hydrogen-bond donors (Lipinski definition) is 0. The first-order chi connectivity index (χ1) is 22.6. The van der Waals surface area contributed by atoms with Gasteiger partial charge in [-0.05, 0) is 79.1 Å². The molecule has 0 amide bonds. The molecule has 0 N–H and O–H groups in total. The SMILES string of the molecule is CC(C)(C)c1cc(N(c2ccccc2-c2cccc3cccc(-c4ccccc4)c23)c2cccc3ccccc23)cc(C(C)(C)C)c1. The van der Waals surface area contributed by atoms with Crippen molar-refractivity contribution >= 4 is 38.6 Å². The highest BCUT2D eigenvalue weighted by atomic mass is 15.1. The second kappa shape index (κ2) is 11.9. The van der Waals surface area contributed by atoms with Gasteiger partial charge in [0, 0.05) is 16.6 Å². The topological polar surface area (TPSA) is 3.24 Å². The molecule has 0 heterocycles. The van der Waals surface area contributed by atoms with Gasteiger partial charge in [0.15, 0.2) is 0 Å². The van der Waals surface area contributed by atoms with E-state index in [1.165, 1.54) is 66.3 Å². The van der Waals surface area contributed by atoms with Crippen molar-refractivity contribution in [2.24, 2.45) is 0 Å². The summed E-state index contributed by atoms with van der Waals surface area (Å²) in [5, 5.41) is 4.96. The molecular weight excluding hydrogens is 567 g/mol. The van der Waals surface area contributed by atoms with Gasteiger partial charge in [0.05, 0.1) is 11.4 Å². The first-order valence-corrected chi connectivity index (χ1v) is 16.7. The zero-order valence-corrected chi connectivity index (χ0v) is 28.4. The summed E-state index contributed by atoms with van der Waals surface area (Å²) in [7, 11) is 0. The minimum absolute atomic E-state index is 0.0137. The molecule has 0 bridgehead atoms. The van der Waals surface area contributed by atoms with Crippen LogP contribution in [0.2, 0.25) is 0 Å². The van der Waals surface area contributed by atoms with Gasteiger partial charge >= 0.3 is 0 Å². The van der Waals surface area contributed by atoms with E-state index >= 15 is 0 Å². The number of hydrogen-bond acceptors (Lipinski definition) is 1. The average Bonchev–Trinajstić information content (AvgIpc) is 3.08. The summed E-state index contributed by atoms with van der Waals surface area (Å²) >= 11 is 0. The van der Waals surface area contributed by atoms with Crippen molar-refractivity contribution in [3.05, 3.63) is 163 Å². The molecule has 0 saturated carbocycles. The standard InChI is InChI=1S/C46H43N/c1-45(2,3)35-29-36(46(4,5)6)31-37(30-35)47(42-28-16-20-32-19-10-11-23-38(32)42)43-27-13-12-24-40(43)41-26-15-22-34-21-14-25-39(44(34)41)33-17-8-7-9-18-33/h7-31H,1-6H3. The molecule has 1 nitrogen and oxygen atoms in total. The van der Waals surface area contributed by atoms with Crippen molar-refractivity contribution in [2.45, 2.75) is 52.4 Å². The molecule has 47 heavy (non-hydrogen) atoms. The molecule has 0 aliphatic carbocycles. The number of para-hydroxylation sites is 1. The lowest BCUT2D eigenvalue weighted by Crippen LogP contribution is -2.19. The summed E-state index contributed by atoms with van der Waals surface area (Å²) in [5.74, 6) is 0. The van der Waals surface area contributed by atoms with Gasteiger partial charge in [0.2, 0.25) is 0 Å². The Labute approximate surface area is 280 Å². The van der Waals surface area contributed by atoms with Crippen molar-refractivity contribution in [3.8, 4) is 22.3 Å². The third-order valence-electron chi connectivity index (χ3n) is 9.34. The number of rotatable bonds is 5. The molecule has 0 unspecified atom stereocenters. The molecule has 0 spiro atoms. The van der Waals surface area contributed by atoms with Crippen LogP contribution in [0.4, 0.5) is 17.1 Å². The van der Waals surface area contributed by atoms with Crippen LogP contribution in [0, 0.1) is 0 Å². The predicted molar refractivity (Wildman–Crippen MR) is 204 cm³/mol. The molecule has 0 radical (unpaired) electrons. The summed E-state index contributed by atoms with van der Waals surface area (Å²) in [6.07, 6.45) is 0. The Hall–Kier alpha value is -5.14. The highest BCUT2D eigenvalue weighted by Crippen LogP contribution is 2.47. The molecule has 232 valence electrons. The van der Waals surface area contributed by atoms with Gasteiger partial charge in [-0.15, -0.1) is 0 Å². The minimum Gasteiger partial charge on any atom is -0.309 e. The quantitative estimate of drug-likeness (QED) is 0.188. The van der Waals surface area contributed by atoms with E-state index in [1.54, 1.807) is 0 Å². The molecule has 7 aromatic rings. The Balaban J connectivity index is 1.57. The second-order valence-electron chi connectivity index (χ2n) is 14.7. The molecule has 7 rings (SSSR count). The van der Waals surface area contributed by atoms with Crippen molar-refractivity contribution < 1.29 is 0 Å².